The Morgan fingerprint density at radius 3 is 2.19 bits per heavy atom. The fourth-order valence-electron chi connectivity index (χ4n) is 1.93. The van der Waals surface area contributed by atoms with Crippen LogP contribution < -0.4 is 10.6 Å². The quantitative estimate of drug-likeness (QED) is 0.900. The number of amides is 2. The molecule has 0 aliphatic heterocycles. The van der Waals surface area contributed by atoms with Gasteiger partial charge in [-0.25, -0.2) is 0 Å². The molecule has 4 heteroatoms. The Balaban J connectivity index is 2.23. The Morgan fingerprint density at radius 1 is 0.905 bits per heavy atom. The molecule has 0 aliphatic rings. The molecule has 0 atom stereocenters. The van der Waals surface area contributed by atoms with Crippen LogP contribution in [-0.2, 0) is 4.79 Å². The summed E-state index contributed by atoms with van der Waals surface area (Å²) in [5.74, 6) is -0.359. The molecule has 4 nitrogen and oxygen atoms in total. The zero-order chi connectivity index (χ0) is 15.2. The number of benzene rings is 2. The Labute approximate surface area is 124 Å². The molecule has 0 spiro atoms. The van der Waals surface area contributed by atoms with Crippen molar-refractivity contribution < 1.29 is 9.59 Å². The van der Waals surface area contributed by atoms with Gasteiger partial charge >= 0.3 is 0 Å². The number of anilines is 2. The second-order valence-corrected chi connectivity index (χ2v) is 4.72. The molecule has 2 amide bonds. The minimum Gasteiger partial charge on any atom is -0.325 e. The minimum atomic E-state index is -0.240. The van der Waals surface area contributed by atoms with E-state index in [1.165, 1.54) is 0 Å². The number of hydrogen-bond donors (Lipinski definition) is 2. The highest BCUT2D eigenvalue weighted by Crippen LogP contribution is 2.19. The first-order valence-corrected chi connectivity index (χ1v) is 6.87. The van der Waals surface area contributed by atoms with Crippen molar-refractivity contribution in [3.63, 3.8) is 0 Å². The molecule has 0 aliphatic carbocycles. The average molecular weight is 282 g/mol. The van der Waals surface area contributed by atoms with E-state index in [9.17, 15) is 9.59 Å². The van der Waals surface area contributed by atoms with Crippen LogP contribution >= 0.6 is 0 Å². The molecule has 0 unspecified atom stereocenters. The molecule has 108 valence electrons. The van der Waals surface area contributed by atoms with E-state index in [0.717, 1.165) is 11.3 Å². The van der Waals surface area contributed by atoms with Crippen LogP contribution in [-0.4, -0.2) is 11.8 Å². The van der Waals surface area contributed by atoms with Crippen LogP contribution in [0.3, 0.4) is 0 Å². The van der Waals surface area contributed by atoms with Crippen LogP contribution in [0.1, 0.15) is 29.3 Å². The Morgan fingerprint density at radius 2 is 1.52 bits per heavy atom. The summed E-state index contributed by atoms with van der Waals surface area (Å²) >= 11 is 0. The monoisotopic (exact) mass is 282 g/mol. The third-order valence-corrected chi connectivity index (χ3v) is 3.16. The predicted octanol–water partition coefficient (Wildman–Crippen LogP) is 3.60. The first kappa shape index (κ1) is 14.8. The van der Waals surface area contributed by atoms with E-state index >= 15 is 0 Å². The van der Waals surface area contributed by atoms with Crippen LogP contribution in [0, 0.1) is 6.92 Å². The Bertz CT molecular complexity index is 665. The van der Waals surface area contributed by atoms with Gasteiger partial charge in [0.25, 0.3) is 5.91 Å². The standard InChI is InChI=1S/C17H18N2O2/c1-3-16(20)18-15-11-7-5-9-13(15)17(21)19-14-10-6-4-8-12(14)2/h4-11H,3H2,1-2H3,(H,18,20)(H,19,21). The first-order chi connectivity index (χ1) is 10.1. The molecule has 0 saturated heterocycles. The molecule has 2 aromatic carbocycles. The lowest BCUT2D eigenvalue weighted by molar-refractivity contribution is -0.115. The summed E-state index contributed by atoms with van der Waals surface area (Å²) in [6.07, 6.45) is 0.369. The normalized spacial score (nSPS) is 10.0. The number of nitrogens with one attached hydrogen (secondary N) is 2. The average Bonchev–Trinajstić information content (AvgIpc) is 2.50. The van der Waals surface area contributed by atoms with Crippen molar-refractivity contribution in [1.82, 2.24) is 0 Å². The highest BCUT2D eigenvalue weighted by atomic mass is 16.2. The topological polar surface area (TPSA) is 58.2 Å². The highest BCUT2D eigenvalue weighted by molar-refractivity contribution is 6.10. The van der Waals surface area contributed by atoms with Crippen molar-refractivity contribution >= 4 is 23.2 Å². The second kappa shape index (κ2) is 6.70. The van der Waals surface area contributed by atoms with Crippen LogP contribution in [0.15, 0.2) is 48.5 Å². The summed E-state index contributed by atoms with van der Waals surface area (Å²) in [5.41, 5.74) is 2.72. The van der Waals surface area contributed by atoms with Gasteiger partial charge in [-0.1, -0.05) is 37.3 Å². The molecule has 2 N–H and O–H groups in total. The fraction of sp³-hybridized carbons (Fsp3) is 0.176. The molecule has 0 aromatic heterocycles. The van der Waals surface area contributed by atoms with Crippen molar-refractivity contribution in [3.05, 3.63) is 59.7 Å². The summed E-state index contributed by atoms with van der Waals surface area (Å²) in [7, 11) is 0. The first-order valence-electron chi connectivity index (χ1n) is 6.87. The maximum atomic E-state index is 12.4. The summed E-state index contributed by atoms with van der Waals surface area (Å²) in [5, 5.41) is 5.61. The molecular weight excluding hydrogens is 264 g/mol. The molecule has 0 radical (unpaired) electrons. The van der Waals surface area contributed by atoms with Gasteiger partial charge < -0.3 is 10.6 Å². The van der Waals surface area contributed by atoms with Crippen molar-refractivity contribution in [2.75, 3.05) is 10.6 Å². The van der Waals surface area contributed by atoms with E-state index in [1.807, 2.05) is 31.2 Å². The summed E-state index contributed by atoms with van der Waals surface area (Å²) in [6, 6.07) is 14.5. The van der Waals surface area contributed by atoms with Crippen molar-refractivity contribution in [2.45, 2.75) is 20.3 Å². The minimum absolute atomic E-state index is 0.119. The Kier molecular flexibility index (Phi) is 4.72. The van der Waals surface area contributed by atoms with Crippen LogP contribution in [0.5, 0.6) is 0 Å². The number of para-hydroxylation sites is 2. The number of rotatable bonds is 4. The zero-order valence-corrected chi connectivity index (χ0v) is 12.1. The van der Waals surface area contributed by atoms with Gasteiger partial charge in [-0.2, -0.15) is 0 Å². The number of carbonyl (C=O) groups excluding carboxylic acids is 2. The van der Waals surface area contributed by atoms with E-state index in [4.69, 9.17) is 0 Å². The van der Waals surface area contributed by atoms with Gasteiger partial charge in [-0.05, 0) is 30.7 Å². The van der Waals surface area contributed by atoms with Gasteiger partial charge in [0, 0.05) is 12.1 Å². The largest absolute Gasteiger partial charge is 0.325 e. The summed E-state index contributed by atoms with van der Waals surface area (Å²) in [4.78, 5) is 23.9. The van der Waals surface area contributed by atoms with E-state index in [0.29, 0.717) is 17.7 Å². The molecular formula is C17H18N2O2. The third-order valence-electron chi connectivity index (χ3n) is 3.16. The molecule has 0 heterocycles. The second-order valence-electron chi connectivity index (χ2n) is 4.72. The lowest BCUT2D eigenvalue weighted by Gasteiger charge is -2.12. The maximum absolute atomic E-state index is 12.4. The smallest absolute Gasteiger partial charge is 0.257 e. The summed E-state index contributed by atoms with van der Waals surface area (Å²) in [6.45, 7) is 3.70. The van der Waals surface area contributed by atoms with Crippen molar-refractivity contribution in [2.24, 2.45) is 0 Å². The molecule has 2 rings (SSSR count). The van der Waals surface area contributed by atoms with Gasteiger partial charge in [0.15, 0.2) is 0 Å². The van der Waals surface area contributed by atoms with Gasteiger partial charge in [-0.3, -0.25) is 9.59 Å². The Hall–Kier alpha value is -2.62. The number of aryl methyl sites for hydroxylation is 1. The third kappa shape index (κ3) is 3.69. The SMILES string of the molecule is CCC(=O)Nc1ccccc1C(=O)Nc1ccccc1C. The molecule has 2 aromatic rings. The molecule has 21 heavy (non-hydrogen) atoms. The zero-order valence-electron chi connectivity index (χ0n) is 12.1. The maximum Gasteiger partial charge on any atom is 0.257 e. The van der Waals surface area contributed by atoms with Gasteiger partial charge in [0.05, 0.1) is 11.3 Å². The fourth-order valence-corrected chi connectivity index (χ4v) is 1.93. The van der Waals surface area contributed by atoms with E-state index in [-0.39, 0.29) is 11.8 Å². The molecule has 0 bridgehead atoms. The lowest BCUT2D eigenvalue weighted by Crippen LogP contribution is -2.17. The summed E-state index contributed by atoms with van der Waals surface area (Å²) < 4.78 is 0. The van der Waals surface area contributed by atoms with Crippen LogP contribution in [0.2, 0.25) is 0 Å². The van der Waals surface area contributed by atoms with Gasteiger partial charge in [0.2, 0.25) is 5.91 Å². The predicted molar refractivity (Wildman–Crippen MR) is 84.5 cm³/mol. The van der Waals surface area contributed by atoms with Crippen molar-refractivity contribution in [1.29, 1.82) is 0 Å². The van der Waals surface area contributed by atoms with Gasteiger partial charge in [-0.15, -0.1) is 0 Å². The van der Waals surface area contributed by atoms with Crippen LogP contribution in [0.4, 0.5) is 11.4 Å². The van der Waals surface area contributed by atoms with E-state index in [2.05, 4.69) is 10.6 Å². The number of hydrogen-bond acceptors (Lipinski definition) is 2. The highest BCUT2D eigenvalue weighted by Gasteiger charge is 2.13. The van der Waals surface area contributed by atoms with Crippen LogP contribution in [0.25, 0.3) is 0 Å². The molecule has 0 saturated carbocycles. The van der Waals surface area contributed by atoms with Crippen molar-refractivity contribution in [3.8, 4) is 0 Å². The van der Waals surface area contributed by atoms with E-state index in [1.54, 1.807) is 31.2 Å². The van der Waals surface area contributed by atoms with E-state index < -0.39 is 0 Å². The number of carbonyl (C=O) groups is 2. The van der Waals surface area contributed by atoms with Gasteiger partial charge in [0.1, 0.15) is 0 Å². The lowest BCUT2D eigenvalue weighted by atomic mass is 10.1. The molecule has 0 fully saturated rings.